The number of Topliss-reactive ketones (excluding diaryl/α,β-unsaturated/α-hetero) is 1. The molecular formula is C10H18O. The summed E-state index contributed by atoms with van der Waals surface area (Å²) in [5.41, 5.74) is 0.679. The maximum absolute atomic E-state index is 11.3. The van der Waals surface area contributed by atoms with E-state index in [1.807, 2.05) is 6.92 Å². The molecule has 1 atom stereocenters. The highest BCUT2D eigenvalue weighted by atomic mass is 16.1. The van der Waals surface area contributed by atoms with Crippen molar-refractivity contribution in [3.8, 4) is 0 Å². The summed E-state index contributed by atoms with van der Waals surface area (Å²) in [4.78, 5) is 11.3. The molecule has 0 N–H and O–H groups in total. The molecule has 0 bridgehead atoms. The molecule has 11 heavy (non-hydrogen) atoms. The molecule has 0 radical (unpaired) electrons. The van der Waals surface area contributed by atoms with Gasteiger partial charge < -0.3 is 0 Å². The van der Waals surface area contributed by atoms with Gasteiger partial charge in [0.25, 0.3) is 0 Å². The van der Waals surface area contributed by atoms with Crippen LogP contribution in [0.1, 0.15) is 34.1 Å². The lowest BCUT2D eigenvalue weighted by Gasteiger charge is -2.11. The standard InChI is InChI=1S/C10H18O/c1-7(2)6-9(5)10(11)8(3)4/h7,9H,3,6H2,1-2,4-5H3. The molecular weight excluding hydrogens is 136 g/mol. The molecule has 0 saturated heterocycles. The van der Waals surface area contributed by atoms with Gasteiger partial charge in [0, 0.05) is 5.92 Å². The Labute approximate surface area is 69.5 Å². The smallest absolute Gasteiger partial charge is 0.160 e. The molecule has 0 rings (SSSR count). The quantitative estimate of drug-likeness (QED) is 0.569. The monoisotopic (exact) mass is 154 g/mol. The van der Waals surface area contributed by atoms with Crippen molar-refractivity contribution < 1.29 is 4.79 Å². The first-order valence-electron chi connectivity index (χ1n) is 4.14. The Morgan fingerprint density at radius 2 is 1.82 bits per heavy atom. The summed E-state index contributed by atoms with van der Waals surface area (Å²) in [6.07, 6.45) is 0.964. The van der Waals surface area contributed by atoms with E-state index in [0.29, 0.717) is 11.5 Å². The van der Waals surface area contributed by atoms with Crippen LogP contribution < -0.4 is 0 Å². The number of ketones is 1. The van der Waals surface area contributed by atoms with Crippen molar-refractivity contribution in [2.24, 2.45) is 11.8 Å². The van der Waals surface area contributed by atoms with Crippen molar-refractivity contribution in [3.63, 3.8) is 0 Å². The third kappa shape index (κ3) is 3.97. The molecule has 1 heteroatoms. The van der Waals surface area contributed by atoms with Crippen molar-refractivity contribution in [2.45, 2.75) is 34.1 Å². The Kier molecular flexibility index (Phi) is 4.09. The molecule has 0 heterocycles. The fraction of sp³-hybridized carbons (Fsp3) is 0.700. The van der Waals surface area contributed by atoms with Crippen molar-refractivity contribution in [1.82, 2.24) is 0 Å². The van der Waals surface area contributed by atoms with Crippen LogP contribution in [-0.4, -0.2) is 5.78 Å². The minimum absolute atomic E-state index is 0.146. The zero-order valence-electron chi connectivity index (χ0n) is 7.98. The predicted molar refractivity (Wildman–Crippen MR) is 48.4 cm³/mol. The van der Waals surface area contributed by atoms with Crippen LogP contribution in [0.15, 0.2) is 12.2 Å². The molecule has 0 spiro atoms. The minimum atomic E-state index is 0.146. The van der Waals surface area contributed by atoms with Gasteiger partial charge >= 0.3 is 0 Å². The lowest BCUT2D eigenvalue weighted by atomic mass is 9.92. The molecule has 0 amide bonds. The van der Waals surface area contributed by atoms with Gasteiger partial charge in [0.15, 0.2) is 5.78 Å². The third-order valence-electron chi connectivity index (χ3n) is 1.69. The van der Waals surface area contributed by atoms with Gasteiger partial charge in [-0.2, -0.15) is 0 Å². The Bertz CT molecular complexity index is 156. The first kappa shape index (κ1) is 10.4. The number of carbonyl (C=O) groups excluding carboxylic acids is 1. The summed E-state index contributed by atoms with van der Waals surface area (Å²) in [6, 6.07) is 0. The summed E-state index contributed by atoms with van der Waals surface area (Å²) < 4.78 is 0. The van der Waals surface area contributed by atoms with Crippen molar-refractivity contribution in [1.29, 1.82) is 0 Å². The summed E-state index contributed by atoms with van der Waals surface area (Å²) in [5.74, 6) is 0.944. The number of hydrogen-bond donors (Lipinski definition) is 0. The molecule has 0 saturated carbocycles. The lowest BCUT2D eigenvalue weighted by Crippen LogP contribution is -2.13. The van der Waals surface area contributed by atoms with Crippen LogP contribution in [0.2, 0.25) is 0 Å². The molecule has 1 nitrogen and oxygen atoms in total. The highest BCUT2D eigenvalue weighted by molar-refractivity contribution is 5.95. The van der Waals surface area contributed by atoms with Crippen LogP contribution >= 0.6 is 0 Å². The van der Waals surface area contributed by atoms with E-state index < -0.39 is 0 Å². The zero-order chi connectivity index (χ0) is 9.02. The van der Waals surface area contributed by atoms with Crippen molar-refractivity contribution in [3.05, 3.63) is 12.2 Å². The summed E-state index contributed by atoms with van der Waals surface area (Å²) in [6.45, 7) is 11.6. The summed E-state index contributed by atoms with van der Waals surface area (Å²) >= 11 is 0. The maximum Gasteiger partial charge on any atom is 0.160 e. The Balaban J connectivity index is 3.93. The predicted octanol–water partition coefficient (Wildman–Crippen LogP) is 2.81. The zero-order valence-corrected chi connectivity index (χ0v) is 7.98. The van der Waals surface area contributed by atoms with Crippen LogP contribution in [0, 0.1) is 11.8 Å². The fourth-order valence-corrected chi connectivity index (χ4v) is 1.23. The molecule has 0 fully saturated rings. The lowest BCUT2D eigenvalue weighted by molar-refractivity contribution is -0.119. The van der Waals surface area contributed by atoms with Crippen LogP contribution in [0.3, 0.4) is 0 Å². The van der Waals surface area contributed by atoms with Crippen LogP contribution in [-0.2, 0) is 4.79 Å². The van der Waals surface area contributed by atoms with Gasteiger partial charge in [-0.3, -0.25) is 4.79 Å². The Hall–Kier alpha value is -0.590. The largest absolute Gasteiger partial charge is 0.294 e. The minimum Gasteiger partial charge on any atom is -0.294 e. The average molecular weight is 154 g/mol. The fourth-order valence-electron chi connectivity index (χ4n) is 1.23. The van der Waals surface area contributed by atoms with E-state index in [1.165, 1.54) is 0 Å². The molecule has 0 aromatic rings. The highest BCUT2D eigenvalue weighted by Crippen LogP contribution is 2.14. The van der Waals surface area contributed by atoms with Gasteiger partial charge in [-0.15, -0.1) is 0 Å². The topological polar surface area (TPSA) is 17.1 Å². The van der Waals surface area contributed by atoms with Crippen LogP contribution in [0.4, 0.5) is 0 Å². The number of hydrogen-bond acceptors (Lipinski definition) is 1. The normalized spacial score (nSPS) is 13.2. The van der Waals surface area contributed by atoms with E-state index in [4.69, 9.17) is 0 Å². The average Bonchev–Trinajstić information content (AvgIpc) is 1.84. The van der Waals surface area contributed by atoms with Gasteiger partial charge in [0.05, 0.1) is 0 Å². The maximum atomic E-state index is 11.3. The van der Waals surface area contributed by atoms with Gasteiger partial charge in [0.1, 0.15) is 0 Å². The van der Waals surface area contributed by atoms with Crippen molar-refractivity contribution in [2.75, 3.05) is 0 Å². The number of carbonyl (C=O) groups is 1. The summed E-state index contributed by atoms with van der Waals surface area (Å²) in [5, 5.41) is 0. The molecule has 0 aromatic carbocycles. The van der Waals surface area contributed by atoms with Gasteiger partial charge in [-0.1, -0.05) is 27.4 Å². The second kappa shape index (κ2) is 4.32. The van der Waals surface area contributed by atoms with E-state index in [9.17, 15) is 4.79 Å². The van der Waals surface area contributed by atoms with Crippen LogP contribution in [0.5, 0.6) is 0 Å². The molecule has 0 aliphatic rings. The van der Waals surface area contributed by atoms with E-state index in [0.717, 1.165) is 6.42 Å². The van der Waals surface area contributed by atoms with E-state index in [1.54, 1.807) is 6.92 Å². The Morgan fingerprint density at radius 1 is 1.36 bits per heavy atom. The molecule has 0 aliphatic carbocycles. The van der Waals surface area contributed by atoms with E-state index >= 15 is 0 Å². The first-order valence-corrected chi connectivity index (χ1v) is 4.14. The Morgan fingerprint density at radius 3 is 2.09 bits per heavy atom. The van der Waals surface area contributed by atoms with Crippen molar-refractivity contribution >= 4 is 5.78 Å². The molecule has 64 valence electrons. The number of allylic oxidation sites excluding steroid dienone is 1. The third-order valence-corrected chi connectivity index (χ3v) is 1.69. The van der Waals surface area contributed by atoms with Crippen LogP contribution in [0.25, 0.3) is 0 Å². The first-order chi connectivity index (χ1) is 4.95. The second-order valence-electron chi connectivity index (χ2n) is 3.68. The van der Waals surface area contributed by atoms with E-state index in [2.05, 4.69) is 20.4 Å². The molecule has 1 unspecified atom stereocenters. The molecule has 0 aromatic heterocycles. The molecule has 0 aliphatic heterocycles. The van der Waals surface area contributed by atoms with Gasteiger partial charge in [-0.05, 0) is 24.8 Å². The highest BCUT2D eigenvalue weighted by Gasteiger charge is 2.14. The van der Waals surface area contributed by atoms with Gasteiger partial charge in [0.2, 0.25) is 0 Å². The van der Waals surface area contributed by atoms with E-state index in [-0.39, 0.29) is 11.7 Å². The van der Waals surface area contributed by atoms with Gasteiger partial charge in [-0.25, -0.2) is 0 Å². The number of rotatable bonds is 4. The SMILES string of the molecule is C=C(C)C(=O)C(C)CC(C)C. The second-order valence-corrected chi connectivity index (χ2v) is 3.68. The summed E-state index contributed by atoms with van der Waals surface area (Å²) in [7, 11) is 0.